The van der Waals surface area contributed by atoms with E-state index in [1.54, 1.807) is 13.3 Å². The van der Waals surface area contributed by atoms with Crippen LogP contribution in [-0.4, -0.2) is 12.1 Å². The molecule has 0 aliphatic rings. The largest absolute Gasteiger partial charge is 0.496 e. The predicted octanol–water partition coefficient (Wildman–Crippen LogP) is 2.51. The van der Waals surface area contributed by atoms with Crippen molar-refractivity contribution in [3.05, 3.63) is 58.9 Å². The molecule has 1 atom stereocenters. The summed E-state index contributed by atoms with van der Waals surface area (Å²) in [4.78, 5) is 4.50. The lowest BCUT2D eigenvalue weighted by Crippen LogP contribution is -2.30. The first-order valence-electron chi connectivity index (χ1n) is 6.75. The highest BCUT2D eigenvalue weighted by Crippen LogP contribution is 2.31. The van der Waals surface area contributed by atoms with Crippen LogP contribution < -0.4 is 16.0 Å². The van der Waals surface area contributed by atoms with Crippen molar-refractivity contribution in [3.8, 4) is 5.75 Å². The zero-order valence-electron chi connectivity index (χ0n) is 12.2. The number of methoxy groups -OCH3 is 1. The number of hydrazine groups is 1. The van der Waals surface area contributed by atoms with Gasteiger partial charge in [-0.2, -0.15) is 0 Å². The lowest BCUT2D eigenvalue weighted by molar-refractivity contribution is 0.403. The third-order valence-corrected chi connectivity index (χ3v) is 3.44. The molecule has 0 saturated heterocycles. The van der Waals surface area contributed by atoms with Crippen LogP contribution in [0.25, 0.3) is 0 Å². The first-order chi connectivity index (χ1) is 9.71. The molecule has 1 aromatic heterocycles. The van der Waals surface area contributed by atoms with E-state index in [1.807, 2.05) is 18.2 Å². The Labute approximate surface area is 120 Å². The molecule has 2 rings (SSSR count). The number of nitrogens with zero attached hydrogens (tertiary/aromatic N) is 1. The molecule has 4 nitrogen and oxygen atoms in total. The van der Waals surface area contributed by atoms with Crippen LogP contribution in [-0.2, 0) is 6.42 Å². The van der Waals surface area contributed by atoms with E-state index in [4.69, 9.17) is 10.6 Å². The number of pyridine rings is 1. The summed E-state index contributed by atoms with van der Waals surface area (Å²) in [5, 5.41) is 0. The van der Waals surface area contributed by atoms with E-state index in [0.29, 0.717) is 0 Å². The maximum atomic E-state index is 5.79. The topological polar surface area (TPSA) is 60.2 Å². The Balaban J connectivity index is 2.55. The Morgan fingerprint density at radius 1 is 1.35 bits per heavy atom. The summed E-state index contributed by atoms with van der Waals surface area (Å²) in [6.45, 7) is 4.16. The molecular formula is C16H21N3O. The summed E-state index contributed by atoms with van der Waals surface area (Å²) >= 11 is 0. The minimum atomic E-state index is -0.180. The molecule has 3 N–H and O–H groups in total. The van der Waals surface area contributed by atoms with Gasteiger partial charge in [0, 0.05) is 11.8 Å². The number of hydrogen-bond donors (Lipinski definition) is 2. The van der Waals surface area contributed by atoms with Gasteiger partial charge in [-0.1, -0.05) is 30.7 Å². The highest BCUT2D eigenvalue weighted by atomic mass is 16.5. The van der Waals surface area contributed by atoms with Gasteiger partial charge in [0.1, 0.15) is 5.75 Å². The predicted molar refractivity (Wildman–Crippen MR) is 80.5 cm³/mol. The van der Waals surface area contributed by atoms with Crippen molar-refractivity contribution in [2.24, 2.45) is 5.84 Å². The third-order valence-electron chi connectivity index (χ3n) is 3.44. The molecule has 1 heterocycles. The van der Waals surface area contributed by atoms with Crippen molar-refractivity contribution >= 4 is 0 Å². The third kappa shape index (κ3) is 2.81. The molecule has 0 aliphatic heterocycles. The molecule has 1 aromatic carbocycles. The fourth-order valence-electron chi connectivity index (χ4n) is 2.41. The Hall–Kier alpha value is -1.91. The summed E-state index contributed by atoms with van der Waals surface area (Å²) < 4.78 is 5.45. The van der Waals surface area contributed by atoms with Crippen LogP contribution in [0, 0.1) is 6.92 Å². The van der Waals surface area contributed by atoms with Crippen LogP contribution in [0.15, 0.2) is 36.5 Å². The van der Waals surface area contributed by atoms with Crippen LogP contribution in [0.1, 0.15) is 35.3 Å². The number of nitrogens with one attached hydrogen (secondary N) is 1. The number of hydrogen-bond acceptors (Lipinski definition) is 4. The second-order valence-electron chi connectivity index (χ2n) is 4.75. The van der Waals surface area contributed by atoms with Crippen molar-refractivity contribution in [1.29, 1.82) is 0 Å². The molecule has 106 valence electrons. The molecule has 0 amide bonds. The van der Waals surface area contributed by atoms with Gasteiger partial charge in [-0.3, -0.25) is 10.8 Å². The second kappa shape index (κ2) is 6.50. The Morgan fingerprint density at radius 2 is 2.15 bits per heavy atom. The van der Waals surface area contributed by atoms with Gasteiger partial charge < -0.3 is 4.74 Å². The molecule has 2 aromatic rings. The van der Waals surface area contributed by atoms with Crippen molar-refractivity contribution in [3.63, 3.8) is 0 Å². The summed E-state index contributed by atoms with van der Waals surface area (Å²) in [7, 11) is 1.67. The van der Waals surface area contributed by atoms with E-state index >= 15 is 0 Å². The number of aryl methyl sites for hydroxylation is 2. The van der Waals surface area contributed by atoms with E-state index in [9.17, 15) is 0 Å². The SMILES string of the molecule is CCc1cccnc1C(NN)c1cc(C)ccc1OC. The average Bonchev–Trinajstić information content (AvgIpc) is 2.49. The molecule has 0 fully saturated rings. The van der Waals surface area contributed by atoms with Gasteiger partial charge in [-0.05, 0) is 31.0 Å². The van der Waals surface area contributed by atoms with E-state index < -0.39 is 0 Å². The van der Waals surface area contributed by atoms with Gasteiger partial charge in [0.2, 0.25) is 0 Å². The summed E-state index contributed by atoms with van der Waals surface area (Å²) in [5.74, 6) is 6.60. The molecule has 1 unspecified atom stereocenters. The quantitative estimate of drug-likeness (QED) is 0.648. The molecule has 0 bridgehead atoms. The van der Waals surface area contributed by atoms with Crippen molar-refractivity contribution in [2.75, 3.05) is 7.11 Å². The van der Waals surface area contributed by atoms with Crippen LogP contribution in [0.2, 0.25) is 0 Å². The number of nitrogens with two attached hydrogens (primary N) is 1. The van der Waals surface area contributed by atoms with Crippen molar-refractivity contribution < 1.29 is 4.74 Å². The molecule has 4 heteroatoms. The average molecular weight is 271 g/mol. The maximum absolute atomic E-state index is 5.79. The fourth-order valence-corrected chi connectivity index (χ4v) is 2.41. The summed E-state index contributed by atoms with van der Waals surface area (Å²) in [5.41, 5.74) is 7.16. The lowest BCUT2D eigenvalue weighted by atomic mass is 9.96. The van der Waals surface area contributed by atoms with Gasteiger partial charge >= 0.3 is 0 Å². The van der Waals surface area contributed by atoms with Crippen molar-refractivity contribution in [1.82, 2.24) is 10.4 Å². The van der Waals surface area contributed by atoms with Gasteiger partial charge in [0.05, 0.1) is 18.8 Å². The normalized spacial score (nSPS) is 12.2. The first-order valence-corrected chi connectivity index (χ1v) is 6.75. The highest BCUT2D eigenvalue weighted by Gasteiger charge is 2.20. The number of rotatable bonds is 5. The second-order valence-corrected chi connectivity index (χ2v) is 4.75. The van der Waals surface area contributed by atoms with Crippen LogP contribution in [0.5, 0.6) is 5.75 Å². The van der Waals surface area contributed by atoms with Gasteiger partial charge in [-0.15, -0.1) is 0 Å². The van der Waals surface area contributed by atoms with Gasteiger partial charge in [0.25, 0.3) is 0 Å². The number of aromatic nitrogens is 1. The van der Waals surface area contributed by atoms with Gasteiger partial charge in [-0.25, -0.2) is 5.43 Å². The van der Waals surface area contributed by atoms with Crippen molar-refractivity contribution in [2.45, 2.75) is 26.3 Å². The lowest BCUT2D eigenvalue weighted by Gasteiger charge is -2.21. The zero-order chi connectivity index (χ0) is 14.5. The molecule has 0 saturated carbocycles. The van der Waals surface area contributed by atoms with Gasteiger partial charge in [0.15, 0.2) is 0 Å². The fraction of sp³-hybridized carbons (Fsp3) is 0.312. The molecule has 0 aliphatic carbocycles. The molecular weight excluding hydrogens is 250 g/mol. The number of ether oxygens (including phenoxy) is 1. The molecule has 0 spiro atoms. The van der Waals surface area contributed by atoms with E-state index in [-0.39, 0.29) is 6.04 Å². The van der Waals surface area contributed by atoms with Crippen LogP contribution >= 0.6 is 0 Å². The van der Waals surface area contributed by atoms with E-state index in [1.165, 1.54) is 5.56 Å². The van der Waals surface area contributed by atoms with Crippen LogP contribution in [0.3, 0.4) is 0 Å². The minimum Gasteiger partial charge on any atom is -0.496 e. The first kappa shape index (κ1) is 14.5. The summed E-state index contributed by atoms with van der Waals surface area (Å²) in [6, 6.07) is 9.91. The Kier molecular flexibility index (Phi) is 4.71. The molecule has 20 heavy (non-hydrogen) atoms. The Morgan fingerprint density at radius 3 is 2.80 bits per heavy atom. The smallest absolute Gasteiger partial charge is 0.124 e. The van der Waals surface area contributed by atoms with E-state index in [2.05, 4.69) is 36.4 Å². The standard InChI is InChI=1S/C16H21N3O/c1-4-12-6-5-9-18-15(12)16(19-17)13-10-11(2)7-8-14(13)20-3/h5-10,16,19H,4,17H2,1-3H3. The summed E-state index contributed by atoms with van der Waals surface area (Å²) in [6.07, 6.45) is 2.70. The monoisotopic (exact) mass is 271 g/mol. The van der Waals surface area contributed by atoms with Crippen LogP contribution in [0.4, 0.5) is 0 Å². The molecule has 0 radical (unpaired) electrons. The minimum absolute atomic E-state index is 0.180. The van der Waals surface area contributed by atoms with E-state index in [0.717, 1.165) is 29.0 Å². The Bertz CT molecular complexity index is 584. The maximum Gasteiger partial charge on any atom is 0.124 e. The number of benzene rings is 1. The zero-order valence-corrected chi connectivity index (χ0v) is 12.2. The highest BCUT2D eigenvalue weighted by molar-refractivity contribution is 5.43.